The Balaban J connectivity index is 1.89. The molecule has 2 aliphatic rings. The minimum atomic E-state index is -0.258. The molecule has 0 aliphatic carbocycles. The molecular formula is C15H19BrFN3S. The van der Waals surface area contributed by atoms with E-state index in [4.69, 9.17) is 18.0 Å². The van der Waals surface area contributed by atoms with Crippen LogP contribution < -0.4 is 10.6 Å². The van der Waals surface area contributed by atoms with E-state index >= 15 is 0 Å². The van der Waals surface area contributed by atoms with Crippen molar-refractivity contribution in [3.05, 3.63) is 28.0 Å². The molecule has 114 valence electrons. The van der Waals surface area contributed by atoms with Crippen LogP contribution in [0.2, 0.25) is 0 Å². The van der Waals surface area contributed by atoms with Gasteiger partial charge in [-0.15, -0.1) is 0 Å². The summed E-state index contributed by atoms with van der Waals surface area (Å²) in [5.74, 6) is -0.258. The summed E-state index contributed by atoms with van der Waals surface area (Å²) in [6, 6.07) is 4.17. The second kappa shape index (κ2) is 6.18. The lowest BCUT2D eigenvalue weighted by molar-refractivity contribution is 0.273. The Morgan fingerprint density at radius 2 is 2.05 bits per heavy atom. The number of hydrogen-bond donors (Lipinski definition) is 1. The fourth-order valence-electron chi connectivity index (χ4n) is 3.40. The van der Waals surface area contributed by atoms with Crippen molar-refractivity contribution in [3.8, 4) is 0 Å². The van der Waals surface area contributed by atoms with Crippen molar-refractivity contribution in [1.82, 2.24) is 4.90 Å². The van der Waals surface area contributed by atoms with Crippen molar-refractivity contribution in [2.24, 2.45) is 5.73 Å². The normalized spacial score (nSPS) is 23.0. The molecule has 2 N–H and O–H groups in total. The quantitative estimate of drug-likeness (QED) is 0.810. The summed E-state index contributed by atoms with van der Waals surface area (Å²) >= 11 is 8.25. The summed E-state index contributed by atoms with van der Waals surface area (Å²) in [6.45, 7) is 4.10. The Morgan fingerprint density at radius 1 is 1.29 bits per heavy atom. The number of benzene rings is 1. The molecule has 0 bridgehead atoms. The average Bonchev–Trinajstić information content (AvgIpc) is 2.79. The summed E-state index contributed by atoms with van der Waals surface area (Å²) in [4.78, 5) is 4.92. The number of thiocarbonyl (C=S) groups is 1. The van der Waals surface area contributed by atoms with E-state index in [-0.39, 0.29) is 10.8 Å². The molecule has 6 heteroatoms. The smallest absolute Gasteiger partial charge is 0.161 e. The van der Waals surface area contributed by atoms with Crippen LogP contribution in [0.4, 0.5) is 10.1 Å². The molecular weight excluding hydrogens is 353 g/mol. The minimum Gasteiger partial charge on any atom is -0.389 e. The van der Waals surface area contributed by atoms with E-state index in [0.29, 0.717) is 21.8 Å². The molecule has 1 unspecified atom stereocenters. The van der Waals surface area contributed by atoms with Crippen molar-refractivity contribution in [3.63, 3.8) is 0 Å². The number of halogens is 2. The van der Waals surface area contributed by atoms with Gasteiger partial charge in [0.05, 0.1) is 10.2 Å². The zero-order valence-electron chi connectivity index (χ0n) is 11.8. The lowest BCUT2D eigenvalue weighted by atomic mass is 10.1. The molecule has 2 aliphatic heterocycles. The van der Waals surface area contributed by atoms with E-state index in [2.05, 4.69) is 25.7 Å². The fourth-order valence-corrected chi connectivity index (χ4v) is 4.25. The molecule has 3 rings (SSSR count). The van der Waals surface area contributed by atoms with E-state index in [1.165, 1.54) is 19.4 Å². The molecule has 1 aromatic rings. The second-order valence-corrected chi connectivity index (χ2v) is 6.99. The van der Waals surface area contributed by atoms with Gasteiger partial charge >= 0.3 is 0 Å². The predicted molar refractivity (Wildman–Crippen MR) is 91.4 cm³/mol. The van der Waals surface area contributed by atoms with Gasteiger partial charge in [-0.25, -0.2) is 4.39 Å². The van der Waals surface area contributed by atoms with E-state index in [1.807, 2.05) is 6.07 Å². The van der Waals surface area contributed by atoms with E-state index in [1.54, 1.807) is 6.07 Å². The predicted octanol–water partition coefficient (Wildman–Crippen LogP) is 2.90. The lowest BCUT2D eigenvalue weighted by Gasteiger charge is -2.28. The van der Waals surface area contributed by atoms with E-state index in [9.17, 15) is 4.39 Å². The van der Waals surface area contributed by atoms with Gasteiger partial charge in [0.2, 0.25) is 0 Å². The molecule has 21 heavy (non-hydrogen) atoms. The third-order valence-corrected chi connectivity index (χ3v) is 5.47. The lowest BCUT2D eigenvalue weighted by Crippen LogP contribution is -2.37. The topological polar surface area (TPSA) is 32.5 Å². The highest BCUT2D eigenvalue weighted by molar-refractivity contribution is 9.10. The highest BCUT2D eigenvalue weighted by Gasteiger charge is 2.30. The van der Waals surface area contributed by atoms with Gasteiger partial charge in [0.25, 0.3) is 0 Å². The van der Waals surface area contributed by atoms with Crippen LogP contribution in [0.5, 0.6) is 0 Å². The maximum Gasteiger partial charge on any atom is 0.161 e. The molecule has 0 saturated carbocycles. The number of hydrogen-bond acceptors (Lipinski definition) is 3. The molecule has 0 amide bonds. The van der Waals surface area contributed by atoms with Gasteiger partial charge in [0.1, 0.15) is 4.99 Å². The van der Waals surface area contributed by atoms with Crippen LogP contribution in [-0.4, -0.2) is 42.1 Å². The van der Waals surface area contributed by atoms with E-state index in [0.717, 1.165) is 26.1 Å². The Morgan fingerprint density at radius 3 is 2.81 bits per heavy atom. The molecule has 0 radical (unpaired) electrons. The largest absolute Gasteiger partial charge is 0.389 e. The van der Waals surface area contributed by atoms with Crippen LogP contribution in [-0.2, 0) is 0 Å². The summed E-state index contributed by atoms with van der Waals surface area (Å²) < 4.78 is 15.0. The maximum absolute atomic E-state index is 14.7. The van der Waals surface area contributed by atoms with Crippen LogP contribution >= 0.6 is 28.1 Å². The molecule has 0 spiro atoms. The Hall–Kier alpha value is -0.720. The third-order valence-electron chi connectivity index (χ3n) is 4.47. The first-order valence-corrected chi connectivity index (χ1v) is 8.55. The minimum absolute atomic E-state index is 0.213. The summed E-state index contributed by atoms with van der Waals surface area (Å²) in [5.41, 5.74) is 6.83. The van der Waals surface area contributed by atoms with Gasteiger partial charge in [-0.1, -0.05) is 12.2 Å². The highest BCUT2D eigenvalue weighted by Crippen LogP contribution is 2.32. The zero-order valence-corrected chi connectivity index (χ0v) is 14.2. The molecule has 1 aromatic carbocycles. The van der Waals surface area contributed by atoms with E-state index < -0.39 is 0 Å². The van der Waals surface area contributed by atoms with Gasteiger partial charge < -0.3 is 10.6 Å². The third kappa shape index (κ3) is 2.94. The van der Waals surface area contributed by atoms with Crippen molar-refractivity contribution in [2.75, 3.05) is 31.1 Å². The van der Waals surface area contributed by atoms with Gasteiger partial charge in [0, 0.05) is 31.2 Å². The highest BCUT2D eigenvalue weighted by atomic mass is 79.9. The number of fused-ring (bicyclic) bond motifs is 1. The Bertz CT molecular complexity index is 566. The van der Waals surface area contributed by atoms with Crippen molar-refractivity contribution in [1.29, 1.82) is 0 Å². The monoisotopic (exact) mass is 371 g/mol. The average molecular weight is 372 g/mol. The Labute approximate surface area is 138 Å². The first-order chi connectivity index (χ1) is 10.1. The molecule has 3 nitrogen and oxygen atoms in total. The van der Waals surface area contributed by atoms with Crippen LogP contribution in [0, 0.1) is 5.82 Å². The van der Waals surface area contributed by atoms with Gasteiger partial charge in [-0.2, -0.15) is 0 Å². The summed E-state index contributed by atoms with van der Waals surface area (Å²) in [5, 5.41) is 0. The van der Waals surface area contributed by atoms with Gasteiger partial charge in [0.15, 0.2) is 5.82 Å². The summed E-state index contributed by atoms with van der Waals surface area (Å²) in [7, 11) is 0. The van der Waals surface area contributed by atoms with Crippen molar-refractivity contribution >= 4 is 38.8 Å². The fraction of sp³-hybridized carbons (Fsp3) is 0.533. The zero-order chi connectivity index (χ0) is 15.0. The maximum atomic E-state index is 14.7. The molecule has 0 aromatic heterocycles. The van der Waals surface area contributed by atoms with Crippen LogP contribution in [0.25, 0.3) is 0 Å². The number of rotatable bonds is 2. The van der Waals surface area contributed by atoms with Crippen LogP contribution in [0.3, 0.4) is 0 Å². The van der Waals surface area contributed by atoms with Gasteiger partial charge in [-0.3, -0.25) is 4.90 Å². The number of anilines is 1. The van der Waals surface area contributed by atoms with Crippen LogP contribution in [0.1, 0.15) is 24.8 Å². The first kappa shape index (κ1) is 15.2. The standard InChI is InChI=1S/C15H19BrFN3S/c16-13-11(15(18)21)4-5-12(14(13)17)20-8-2-7-19-6-1-3-10(19)9-20/h4-5,10H,1-3,6-9H2,(H2,18,21). The Kier molecular flexibility index (Phi) is 4.47. The first-order valence-electron chi connectivity index (χ1n) is 7.34. The molecule has 1 atom stereocenters. The van der Waals surface area contributed by atoms with Crippen molar-refractivity contribution < 1.29 is 4.39 Å². The molecule has 2 saturated heterocycles. The summed E-state index contributed by atoms with van der Waals surface area (Å²) in [6.07, 6.45) is 3.54. The van der Waals surface area contributed by atoms with Crippen molar-refractivity contribution in [2.45, 2.75) is 25.3 Å². The van der Waals surface area contributed by atoms with Gasteiger partial charge in [-0.05, 0) is 53.9 Å². The number of nitrogens with two attached hydrogens (primary N) is 1. The van der Waals surface area contributed by atoms with Crippen LogP contribution in [0.15, 0.2) is 16.6 Å². The number of nitrogens with zero attached hydrogens (tertiary/aromatic N) is 2. The molecule has 2 fully saturated rings. The second-order valence-electron chi connectivity index (χ2n) is 5.76. The SMILES string of the molecule is NC(=S)c1ccc(N2CCCN3CCCC3C2)c(F)c1Br. The molecule has 2 heterocycles.